The Balaban J connectivity index is 1.64. The normalized spacial score (nSPS) is 25.1. The van der Waals surface area contributed by atoms with E-state index in [4.69, 9.17) is 19.2 Å². The van der Waals surface area contributed by atoms with Crippen LogP contribution in [0.25, 0.3) is 0 Å². The molecule has 4 aliphatic heterocycles. The highest BCUT2D eigenvalue weighted by Crippen LogP contribution is 2.55. The number of aliphatic imine (C=N–C) groups is 1. The quantitative estimate of drug-likeness (QED) is 0.742. The Bertz CT molecular complexity index is 923. The number of anilines is 1. The molecular weight excluding hydrogens is 316 g/mol. The molecule has 0 aromatic heterocycles. The van der Waals surface area contributed by atoms with Crippen LogP contribution in [0.4, 0.5) is 5.69 Å². The van der Waals surface area contributed by atoms with E-state index < -0.39 is 0 Å². The van der Waals surface area contributed by atoms with Gasteiger partial charge in [-0.2, -0.15) is 0 Å². The minimum atomic E-state index is -0.336. The summed E-state index contributed by atoms with van der Waals surface area (Å²) < 4.78 is 17.3. The van der Waals surface area contributed by atoms with Gasteiger partial charge in [-0.25, -0.2) is 0 Å². The predicted octanol–water partition coefficient (Wildman–Crippen LogP) is 3.11. The van der Waals surface area contributed by atoms with Crippen LogP contribution < -0.4 is 19.1 Å². The molecule has 5 heteroatoms. The summed E-state index contributed by atoms with van der Waals surface area (Å²) in [5.41, 5.74) is 3.36. The maximum absolute atomic E-state index is 6.17. The largest absolute Gasteiger partial charge is 0.491 e. The zero-order valence-electron chi connectivity index (χ0n) is 13.8. The molecule has 0 N–H and O–H groups in total. The van der Waals surface area contributed by atoms with Crippen molar-refractivity contribution in [1.29, 1.82) is 0 Å². The van der Waals surface area contributed by atoms with Crippen molar-refractivity contribution in [3.8, 4) is 17.2 Å². The molecule has 0 bridgehead atoms. The van der Waals surface area contributed by atoms with Gasteiger partial charge < -0.3 is 19.1 Å². The lowest BCUT2D eigenvalue weighted by atomic mass is 9.76. The van der Waals surface area contributed by atoms with Crippen LogP contribution in [0.1, 0.15) is 24.0 Å². The Morgan fingerprint density at radius 1 is 0.920 bits per heavy atom. The van der Waals surface area contributed by atoms with Crippen molar-refractivity contribution in [3.05, 3.63) is 47.5 Å². The summed E-state index contributed by atoms with van der Waals surface area (Å²) >= 11 is 0. The van der Waals surface area contributed by atoms with Gasteiger partial charge in [-0.1, -0.05) is 18.2 Å². The Hall–Kier alpha value is -2.69. The van der Waals surface area contributed by atoms with E-state index >= 15 is 0 Å². The lowest BCUT2D eigenvalue weighted by Gasteiger charge is -2.26. The number of hydrogen-bond donors (Lipinski definition) is 0. The predicted molar refractivity (Wildman–Crippen MR) is 94.2 cm³/mol. The molecule has 0 saturated carbocycles. The molecule has 4 heterocycles. The van der Waals surface area contributed by atoms with Crippen LogP contribution in [0.3, 0.4) is 0 Å². The number of ether oxygens (including phenoxy) is 3. The van der Waals surface area contributed by atoms with Crippen LogP contribution in [0.15, 0.2) is 41.4 Å². The van der Waals surface area contributed by atoms with Gasteiger partial charge >= 0.3 is 0 Å². The van der Waals surface area contributed by atoms with Gasteiger partial charge in [-0.05, 0) is 30.5 Å². The molecule has 1 spiro atoms. The molecule has 0 saturated heterocycles. The third-order valence-corrected chi connectivity index (χ3v) is 5.72. The van der Waals surface area contributed by atoms with Gasteiger partial charge in [0.2, 0.25) is 6.79 Å². The van der Waals surface area contributed by atoms with Crippen LogP contribution in [0.5, 0.6) is 17.2 Å². The van der Waals surface area contributed by atoms with E-state index in [1.807, 2.05) is 6.07 Å². The van der Waals surface area contributed by atoms with Crippen LogP contribution in [0.2, 0.25) is 0 Å². The highest BCUT2D eigenvalue weighted by Gasteiger charge is 2.55. The van der Waals surface area contributed by atoms with E-state index in [0.29, 0.717) is 6.61 Å². The third kappa shape index (κ3) is 1.61. The zero-order valence-corrected chi connectivity index (χ0v) is 13.8. The van der Waals surface area contributed by atoms with Gasteiger partial charge in [0, 0.05) is 30.4 Å². The maximum atomic E-state index is 6.17. The van der Waals surface area contributed by atoms with Crippen molar-refractivity contribution in [2.75, 3.05) is 31.4 Å². The molecule has 2 aromatic carbocycles. The van der Waals surface area contributed by atoms with Crippen molar-refractivity contribution < 1.29 is 14.2 Å². The van der Waals surface area contributed by atoms with Gasteiger partial charge in [0.25, 0.3) is 0 Å². The van der Waals surface area contributed by atoms with Crippen LogP contribution in [0, 0.1) is 0 Å². The molecule has 0 amide bonds. The lowest BCUT2D eigenvalue weighted by molar-refractivity contribution is 0.173. The Morgan fingerprint density at radius 2 is 1.80 bits per heavy atom. The Morgan fingerprint density at radius 3 is 2.76 bits per heavy atom. The topological polar surface area (TPSA) is 43.3 Å². The average molecular weight is 334 g/mol. The smallest absolute Gasteiger partial charge is 0.231 e. The summed E-state index contributed by atoms with van der Waals surface area (Å²) in [6.45, 7) is 2.74. The minimum Gasteiger partial charge on any atom is -0.491 e. The van der Waals surface area contributed by atoms with Gasteiger partial charge in [-0.15, -0.1) is 0 Å². The molecule has 0 fully saturated rings. The molecule has 0 radical (unpaired) electrons. The van der Waals surface area contributed by atoms with E-state index in [-0.39, 0.29) is 12.2 Å². The lowest BCUT2D eigenvalue weighted by Crippen LogP contribution is -2.42. The SMILES string of the molecule is c1ccc2c(c1)N1CCCCN=C1C21COc2cc3c(cc21)OCO3. The first-order valence-corrected chi connectivity index (χ1v) is 8.87. The van der Waals surface area contributed by atoms with Gasteiger partial charge in [0.15, 0.2) is 11.5 Å². The highest BCUT2D eigenvalue weighted by atomic mass is 16.7. The molecule has 5 nitrogen and oxygen atoms in total. The average Bonchev–Trinajstić information content (AvgIpc) is 3.25. The second kappa shape index (κ2) is 4.69. The minimum absolute atomic E-state index is 0.273. The number of nitrogens with zero attached hydrogens (tertiary/aromatic N) is 2. The molecular formula is C20H18N2O3. The summed E-state index contributed by atoms with van der Waals surface area (Å²) in [6.07, 6.45) is 2.29. The number of hydrogen-bond acceptors (Lipinski definition) is 5. The fraction of sp³-hybridized carbons (Fsp3) is 0.350. The van der Waals surface area contributed by atoms with E-state index in [1.54, 1.807) is 0 Å². The van der Waals surface area contributed by atoms with Crippen molar-refractivity contribution in [1.82, 2.24) is 0 Å². The van der Waals surface area contributed by atoms with Crippen molar-refractivity contribution >= 4 is 11.5 Å². The van der Waals surface area contributed by atoms with Crippen molar-refractivity contribution in [2.45, 2.75) is 18.3 Å². The number of benzene rings is 2. The summed E-state index contributed by atoms with van der Waals surface area (Å²) in [7, 11) is 0. The van der Waals surface area contributed by atoms with Crippen molar-refractivity contribution in [2.24, 2.45) is 4.99 Å². The monoisotopic (exact) mass is 334 g/mol. The third-order valence-electron chi connectivity index (χ3n) is 5.72. The number of fused-ring (bicyclic) bond motifs is 8. The molecule has 6 rings (SSSR count). The van der Waals surface area contributed by atoms with Gasteiger partial charge in [-0.3, -0.25) is 4.99 Å². The highest BCUT2D eigenvalue weighted by molar-refractivity contribution is 6.14. The molecule has 4 aliphatic rings. The second-order valence-electron chi connectivity index (χ2n) is 6.98. The summed E-state index contributed by atoms with van der Waals surface area (Å²) in [5, 5.41) is 0. The zero-order chi connectivity index (χ0) is 16.4. The Kier molecular flexibility index (Phi) is 2.55. The molecule has 1 atom stereocenters. The Labute approximate surface area is 145 Å². The van der Waals surface area contributed by atoms with E-state index in [2.05, 4.69) is 35.2 Å². The summed E-state index contributed by atoms with van der Waals surface area (Å²) in [4.78, 5) is 7.41. The standard InChI is InChI=1S/C20H18N2O3/c1-2-6-15-13(5-1)20(19-21-7-3-4-8-22(15)19)11-23-16-10-18-17(9-14(16)20)24-12-25-18/h1-2,5-6,9-10H,3-4,7-8,11-12H2. The summed E-state index contributed by atoms with van der Waals surface area (Å²) in [6, 6.07) is 12.7. The van der Waals surface area contributed by atoms with E-state index in [9.17, 15) is 0 Å². The number of para-hydroxylation sites is 1. The molecule has 25 heavy (non-hydrogen) atoms. The fourth-order valence-corrected chi connectivity index (χ4v) is 4.60. The van der Waals surface area contributed by atoms with E-state index in [0.717, 1.165) is 54.6 Å². The first-order chi connectivity index (χ1) is 12.4. The molecule has 1 unspecified atom stereocenters. The second-order valence-corrected chi connectivity index (χ2v) is 6.98. The van der Waals surface area contributed by atoms with E-state index in [1.165, 1.54) is 11.3 Å². The van der Waals surface area contributed by atoms with Crippen LogP contribution >= 0.6 is 0 Å². The van der Waals surface area contributed by atoms with Crippen LogP contribution in [-0.2, 0) is 5.41 Å². The first kappa shape index (κ1) is 13.6. The summed E-state index contributed by atoms with van der Waals surface area (Å²) in [5.74, 6) is 3.58. The van der Waals surface area contributed by atoms with Crippen LogP contribution in [-0.4, -0.2) is 32.3 Å². The molecule has 126 valence electrons. The molecule has 2 aromatic rings. The van der Waals surface area contributed by atoms with Gasteiger partial charge in [0.05, 0.1) is 0 Å². The van der Waals surface area contributed by atoms with Crippen molar-refractivity contribution in [3.63, 3.8) is 0 Å². The number of rotatable bonds is 0. The molecule has 0 aliphatic carbocycles. The first-order valence-electron chi connectivity index (χ1n) is 8.87. The fourth-order valence-electron chi connectivity index (χ4n) is 4.60. The number of amidine groups is 1. The van der Waals surface area contributed by atoms with Gasteiger partial charge in [0.1, 0.15) is 23.6 Å². The maximum Gasteiger partial charge on any atom is 0.231 e.